The Labute approximate surface area is 133 Å². The van der Waals surface area contributed by atoms with Gasteiger partial charge in [-0.15, -0.1) is 0 Å². The van der Waals surface area contributed by atoms with E-state index in [2.05, 4.69) is 0 Å². The summed E-state index contributed by atoms with van der Waals surface area (Å²) in [5.74, 6) is -0.254. The summed E-state index contributed by atoms with van der Waals surface area (Å²) >= 11 is 0. The van der Waals surface area contributed by atoms with E-state index in [0.29, 0.717) is 16.5 Å². The Bertz CT molecular complexity index is 920. The van der Waals surface area contributed by atoms with Crippen LogP contribution in [0.5, 0.6) is 5.75 Å². The van der Waals surface area contributed by atoms with Gasteiger partial charge in [-0.3, -0.25) is 9.59 Å². The zero-order valence-corrected chi connectivity index (χ0v) is 13.0. The molecule has 0 aliphatic rings. The molecule has 0 saturated heterocycles. The molecule has 0 unspecified atom stereocenters. The normalized spacial score (nSPS) is 10.7. The van der Waals surface area contributed by atoms with E-state index in [1.165, 1.54) is 0 Å². The van der Waals surface area contributed by atoms with Gasteiger partial charge in [0.25, 0.3) is 0 Å². The third-order valence-electron chi connectivity index (χ3n) is 3.57. The fourth-order valence-electron chi connectivity index (χ4n) is 2.30. The van der Waals surface area contributed by atoms with E-state index < -0.39 is 5.97 Å². The van der Waals surface area contributed by atoms with Crippen LogP contribution >= 0.6 is 0 Å². The van der Waals surface area contributed by atoms with Crippen molar-refractivity contribution < 1.29 is 13.9 Å². The van der Waals surface area contributed by atoms with E-state index >= 15 is 0 Å². The van der Waals surface area contributed by atoms with Crippen molar-refractivity contribution >= 4 is 16.9 Å². The number of hydrogen-bond donors (Lipinski definition) is 0. The van der Waals surface area contributed by atoms with E-state index in [-0.39, 0.29) is 23.4 Å². The summed E-state index contributed by atoms with van der Waals surface area (Å²) in [7, 11) is 0. The van der Waals surface area contributed by atoms with Crippen LogP contribution in [0.4, 0.5) is 0 Å². The van der Waals surface area contributed by atoms with Gasteiger partial charge in [0, 0.05) is 12.0 Å². The summed E-state index contributed by atoms with van der Waals surface area (Å²) in [6, 6.07) is 14.4. The minimum Gasteiger partial charge on any atom is -0.452 e. The third-order valence-corrected chi connectivity index (χ3v) is 3.57. The van der Waals surface area contributed by atoms with E-state index in [4.69, 9.17) is 9.15 Å². The first-order valence-corrected chi connectivity index (χ1v) is 7.43. The molecule has 3 rings (SSSR count). The monoisotopic (exact) mass is 308 g/mol. The third kappa shape index (κ3) is 2.88. The number of carbonyl (C=O) groups excluding carboxylic acids is 1. The average Bonchev–Trinajstić information content (AvgIpc) is 2.58. The second-order valence-electron chi connectivity index (χ2n) is 5.28. The van der Waals surface area contributed by atoms with Crippen LogP contribution in [-0.2, 0) is 4.79 Å². The molecule has 0 bridgehead atoms. The van der Waals surface area contributed by atoms with Crippen LogP contribution in [0.2, 0.25) is 0 Å². The van der Waals surface area contributed by atoms with Gasteiger partial charge >= 0.3 is 5.97 Å². The molecule has 0 spiro atoms. The number of aryl methyl sites for hydroxylation is 1. The SMILES string of the molecule is CCC(=O)Oc1c(-c2ccc(C)cc2)oc2ccccc2c1=O. The maximum Gasteiger partial charge on any atom is 0.311 e. The molecule has 4 heteroatoms. The van der Waals surface area contributed by atoms with Crippen LogP contribution in [0.25, 0.3) is 22.3 Å². The Morgan fingerprint density at radius 2 is 1.78 bits per heavy atom. The number of benzene rings is 2. The van der Waals surface area contributed by atoms with Crippen molar-refractivity contribution in [2.24, 2.45) is 0 Å². The molecule has 0 aliphatic heterocycles. The van der Waals surface area contributed by atoms with Crippen molar-refractivity contribution in [1.29, 1.82) is 0 Å². The average molecular weight is 308 g/mol. The molecule has 0 fully saturated rings. The maximum absolute atomic E-state index is 12.7. The molecule has 116 valence electrons. The number of fused-ring (bicyclic) bond motifs is 1. The van der Waals surface area contributed by atoms with Crippen molar-refractivity contribution in [2.45, 2.75) is 20.3 Å². The molecule has 2 aromatic carbocycles. The van der Waals surface area contributed by atoms with Gasteiger partial charge in [-0.25, -0.2) is 0 Å². The van der Waals surface area contributed by atoms with Crippen molar-refractivity contribution in [3.05, 3.63) is 64.3 Å². The number of carbonyl (C=O) groups is 1. The molecule has 0 radical (unpaired) electrons. The molecule has 4 nitrogen and oxygen atoms in total. The number of para-hydroxylation sites is 1. The predicted octanol–water partition coefficient (Wildman–Crippen LogP) is 4.08. The quantitative estimate of drug-likeness (QED) is 0.684. The second-order valence-corrected chi connectivity index (χ2v) is 5.28. The summed E-state index contributed by atoms with van der Waals surface area (Å²) in [6.45, 7) is 3.65. The molecule has 0 saturated carbocycles. The molecule has 23 heavy (non-hydrogen) atoms. The minimum atomic E-state index is -0.471. The Kier molecular flexibility index (Phi) is 3.98. The first-order valence-electron chi connectivity index (χ1n) is 7.43. The highest BCUT2D eigenvalue weighted by molar-refractivity contribution is 5.84. The van der Waals surface area contributed by atoms with Gasteiger partial charge in [-0.2, -0.15) is 0 Å². The van der Waals surface area contributed by atoms with Gasteiger partial charge in [0.05, 0.1) is 5.39 Å². The first kappa shape index (κ1) is 15.0. The lowest BCUT2D eigenvalue weighted by atomic mass is 10.1. The summed E-state index contributed by atoms with van der Waals surface area (Å²) in [5, 5.41) is 0.391. The molecule has 0 amide bonds. The summed E-state index contributed by atoms with van der Waals surface area (Å²) < 4.78 is 11.1. The highest BCUT2D eigenvalue weighted by Crippen LogP contribution is 2.31. The molecular weight excluding hydrogens is 292 g/mol. The van der Waals surface area contributed by atoms with Crippen LogP contribution in [0.1, 0.15) is 18.9 Å². The van der Waals surface area contributed by atoms with Gasteiger partial charge in [0.15, 0.2) is 5.76 Å². The summed E-state index contributed by atoms with van der Waals surface area (Å²) in [6.07, 6.45) is 0.180. The van der Waals surface area contributed by atoms with Gasteiger partial charge in [0.1, 0.15) is 5.58 Å². The van der Waals surface area contributed by atoms with Gasteiger partial charge in [-0.05, 0) is 19.1 Å². The van der Waals surface area contributed by atoms with E-state index in [1.807, 2.05) is 31.2 Å². The first-order chi connectivity index (χ1) is 11.1. The summed E-state index contributed by atoms with van der Waals surface area (Å²) in [5.41, 5.74) is 1.90. The minimum absolute atomic E-state index is 0.0561. The molecule has 0 atom stereocenters. The molecule has 3 aromatic rings. The maximum atomic E-state index is 12.7. The predicted molar refractivity (Wildman–Crippen MR) is 88.6 cm³/mol. The van der Waals surface area contributed by atoms with Crippen LogP contribution in [0.3, 0.4) is 0 Å². The number of ether oxygens (including phenoxy) is 1. The Balaban J connectivity index is 2.29. The van der Waals surface area contributed by atoms with E-state index in [1.54, 1.807) is 31.2 Å². The Hall–Kier alpha value is -2.88. The number of rotatable bonds is 3. The van der Waals surface area contributed by atoms with Gasteiger partial charge < -0.3 is 9.15 Å². The van der Waals surface area contributed by atoms with E-state index in [9.17, 15) is 9.59 Å². The zero-order chi connectivity index (χ0) is 16.4. The Morgan fingerprint density at radius 1 is 1.09 bits per heavy atom. The molecular formula is C19H16O4. The van der Waals surface area contributed by atoms with E-state index in [0.717, 1.165) is 5.56 Å². The fourth-order valence-corrected chi connectivity index (χ4v) is 2.30. The molecule has 1 aromatic heterocycles. The Morgan fingerprint density at radius 3 is 2.48 bits per heavy atom. The smallest absolute Gasteiger partial charge is 0.311 e. The molecule has 1 heterocycles. The second kappa shape index (κ2) is 6.08. The topological polar surface area (TPSA) is 56.5 Å². The summed E-state index contributed by atoms with van der Waals surface area (Å²) in [4.78, 5) is 24.4. The highest BCUT2D eigenvalue weighted by Gasteiger charge is 2.19. The lowest BCUT2D eigenvalue weighted by Crippen LogP contribution is -2.15. The number of esters is 1. The van der Waals surface area contributed by atoms with Crippen molar-refractivity contribution in [3.63, 3.8) is 0 Å². The largest absolute Gasteiger partial charge is 0.452 e. The standard InChI is InChI=1S/C19H16O4/c1-3-16(20)23-19-17(21)14-6-4-5-7-15(14)22-18(19)13-10-8-12(2)9-11-13/h4-11H,3H2,1-2H3. The lowest BCUT2D eigenvalue weighted by molar-refractivity contribution is -0.134. The molecule has 0 aliphatic carbocycles. The van der Waals surface area contributed by atoms with Gasteiger partial charge in [0.2, 0.25) is 11.2 Å². The highest BCUT2D eigenvalue weighted by atomic mass is 16.5. The van der Waals surface area contributed by atoms with Crippen LogP contribution in [-0.4, -0.2) is 5.97 Å². The van der Waals surface area contributed by atoms with Crippen molar-refractivity contribution in [1.82, 2.24) is 0 Å². The molecule has 0 N–H and O–H groups in total. The number of hydrogen-bond acceptors (Lipinski definition) is 4. The van der Waals surface area contributed by atoms with Gasteiger partial charge in [-0.1, -0.05) is 48.9 Å². The lowest BCUT2D eigenvalue weighted by Gasteiger charge is -2.10. The van der Waals surface area contributed by atoms with Crippen LogP contribution in [0, 0.1) is 6.92 Å². The fraction of sp³-hybridized carbons (Fsp3) is 0.158. The van der Waals surface area contributed by atoms with Crippen LogP contribution < -0.4 is 10.2 Å². The zero-order valence-electron chi connectivity index (χ0n) is 13.0. The van der Waals surface area contributed by atoms with Crippen molar-refractivity contribution in [3.8, 4) is 17.1 Å². The van der Waals surface area contributed by atoms with Crippen LogP contribution in [0.15, 0.2) is 57.7 Å². The van der Waals surface area contributed by atoms with Crippen molar-refractivity contribution in [2.75, 3.05) is 0 Å².